The highest BCUT2D eigenvalue weighted by Gasteiger charge is 1.95. The summed E-state index contributed by atoms with van der Waals surface area (Å²) >= 11 is 5.68. The number of nitrogen functional groups attached to an aromatic ring is 1. The van der Waals surface area contributed by atoms with Crippen LogP contribution >= 0.6 is 11.6 Å². The van der Waals surface area contributed by atoms with Gasteiger partial charge in [0.2, 0.25) is 0 Å². The maximum absolute atomic E-state index is 10.2. The molecule has 0 aliphatic heterocycles. The number of aliphatic carboxylic acids is 1. The highest BCUT2D eigenvalue weighted by atomic mass is 35.5. The molecule has 0 bridgehead atoms. The van der Waals surface area contributed by atoms with Crippen LogP contribution in [0.3, 0.4) is 0 Å². The van der Waals surface area contributed by atoms with Crippen molar-refractivity contribution in [2.24, 2.45) is 0 Å². The van der Waals surface area contributed by atoms with Crippen LogP contribution < -0.4 is 5.73 Å². The zero-order valence-electron chi connectivity index (χ0n) is 6.70. The third-order valence-corrected chi connectivity index (χ3v) is 1.78. The first-order chi connectivity index (χ1) is 6.09. The van der Waals surface area contributed by atoms with Gasteiger partial charge < -0.3 is 10.8 Å². The number of hydrogen-bond acceptors (Lipinski definition) is 2. The Kier molecular flexibility index (Phi) is 2.93. The van der Waals surface area contributed by atoms with E-state index in [1.54, 1.807) is 18.2 Å². The lowest BCUT2D eigenvalue weighted by molar-refractivity contribution is -0.131. The lowest BCUT2D eigenvalue weighted by Gasteiger charge is -1.98. The first-order valence-electron chi connectivity index (χ1n) is 3.55. The number of carboxylic acids is 1. The SMILES string of the molecule is Nc1cc(/C=C/C(=O)O)ccc1Cl. The van der Waals surface area contributed by atoms with Gasteiger partial charge >= 0.3 is 5.97 Å². The van der Waals surface area contributed by atoms with Crippen molar-refractivity contribution in [3.05, 3.63) is 34.9 Å². The van der Waals surface area contributed by atoms with Crippen LogP contribution in [-0.4, -0.2) is 11.1 Å². The van der Waals surface area contributed by atoms with Gasteiger partial charge in [0.1, 0.15) is 0 Å². The van der Waals surface area contributed by atoms with Gasteiger partial charge in [-0.1, -0.05) is 17.7 Å². The predicted octanol–water partition coefficient (Wildman–Crippen LogP) is 2.02. The number of carboxylic acid groups (broad SMARTS) is 1. The average molecular weight is 198 g/mol. The van der Waals surface area contributed by atoms with E-state index >= 15 is 0 Å². The smallest absolute Gasteiger partial charge is 0.328 e. The fourth-order valence-electron chi connectivity index (χ4n) is 0.833. The maximum Gasteiger partial charge on any atom is 0.328 e. The molecular formula is C9H8ClNO2. The van der Waals surface area contributed by atoms with E-state index in [1.165, 1.54) is 6.08 Å². The van der Waals surface area contributed by atoms with Gasteiger partial charge in [-0.2, -0.15) is 0 Å². The van der Waals surface area contributed by atoms with Gasteiger partial charge in [0.15, 0.2) is 0 Å². The number of rotatable bonds is 2. The number of halogens is 1. The first-order valence-corrected chi connectivity index (χ1v) is 3.93. The van der Waals surface area contributed by atoms with Crippen molar-refractivity contribution < 1.29 is 9.90 Å². The summed E-state index contributed by atoms with van der Waals surface area (Å²) in [6.45, 7) is 0. The lowest BCUT2D eigenvalue weighted by Crippen LogP contribution is -1.88. The monoisotopic (exact) mass is 197 g/mol. The van der Waals surface area contributed by atoms with Gasteiger partial charge in [-0.3, -0.25) is 0 Å². The molecule has 1 rings (SSSR count). The molecule has 0 aromatic heterocycles. The summed E-state index contributed by atoms with van der Waals surface area (Å²) in [6.07, 6.45) is 2.50. The first kappa shape index (κ1) is 9.61. The number of benzene rings is 1. The molecule has 0 atom stereocenters. The molecule has 1 aromatic rings. The molecule has 0 saturated carbocycles. The Morgan fingerprint density at radius 2 is 2.23 bits per heavy atom. The van der Waals surface area contributed by atoms with Crippen LogP contribution in [0.5, 0.6) is 0 Å². The summed E-state index contributed by atoms with van der Waals surface area (Å²) in [5.41, 5.74) is 6.67. The Balaban J connectivity index is 2.92. The Morgan fingerprint density at radius 3 is 2.77 bits per heavy atom. The van der Waals surface area contributed by atoms with Gasteiger partial charge in [0, 0.05) is 6.08 Å². The maximum atomic E-state index is 10.2. The van der Waals surface area contributed by atoms with E-state index in [2.05, 4.69) is 0 Å². The summed E-state index contributed by atoms with van der Waals surface area (Å²) in [4.78, 5) is 10.2. The molecule has 0 spiro atoms. The molecule has 0 fully saturated rings. The molecule has 4 heteroatoms. The molecule has 0 saturated heterocycles. The quantitative estimate of drug-likeness (QED) is 0.563. The molecule has 0 heterocycles. The second-order valence-corrected chi connectivity index (χ2v) is 2.86. The average Bonchev–Trinajstić information content (AvgIpc) is 2.07. The second kappa shape index (κ2) is 3.96. The van der Waals surface area contributed by atoms with Crippen LogP contribution in [0, 0.1) is 0 Å². The Hall–Kier alpha value is -1.48. The minimum Gasteiger partial charge on any atom is -0.478 e. The highest BCUT2D eigenvalue weighted by Crippen LogP contribution is 2.19. The van der Waals surface area contributed by atoms with Crippen LogP contribution in [0.4, 0.5) is 5.69 Å². The van der Waals surface area contributed by atoms with Crippen LogP contribution in [-0.2, 0) is 4.79 Å². The molecule has 3 nitrogen and oxygen atoms in total. The van der Waals surface area contributed by atoms with E-state index in [9.17, 15) is 4.79 Å². The lowest BCUT2D eigenvalue weighted by atomic mass is 10.2. The third kappa shape index (κ3) is 2.80. The van der Waals surface area contributed by atoms with Crippen molar-refractivity contribution in [1.29, 1.82) is 0 Å². The van der Waals surface area contributed by atoms with E-state index in [-0.39, 0.29) is 0 Å². The molecule has 0 radical (unpaired) electrons. The standard InChI is InChI=1S/C9H8ClNO2/c10-7-3-1-6(5-8(7)11)2-4-9(12)13/h1-5H,11H2,(H,12,13)/b4-2+. The number of nitrogens with two attached hydrogens (primary N) is 1. The van der Waals surface area contributed by atoms with Crippen LogP contribution in [0.25, 0.3) is 6.08 Å². The fraction of sp³-hybridized carbons (Fsp3) is 0. The topological polar surface area (TPSA) is 63.3 Å². The zero-order valence-corrected chi connectivity index (χ0v) is 7.45. The number of carbonyl (C=O) groups is 1. The van der Waals surface area contributed by atoms with Crippen LogP contribution in [0.1, 0.15) is 5.56 Å². The van der Waals surface area contributed by atoms with Crippen LogP contribution in [0.15, 0.2) is 24.3 Å². The molecule has 68 valence electrons. The zero-order chi connectivity index (χ0) is 9.84. The third-order valence-electron chi connectivity index (χ3n) is 1.44. The summed E-state index contributed by atoms with van der Waals surface area (Å²) in [5.74, 6) is -0.992. The second-order valence-electron chi connectivity index (χ2n) is 2.45. The van der Waals surface area contributed by atoms with E-state index in [1.807, 2.05) is 0 Å². The summed E-state index contributed by atoms with van der Waals surface area (Å²) in [7, 11) is 0. The van der Waals surface area contributed by atoms with Gasteiger partial charge in [-0.05, 0) is 23.8 Å². The van der Waals surface area contributed by atoms with Crippen molar-refractivity contribution in [3.63, 3.8) is 0 Å². The normalized spacial score (nSPS) is 10.5. The van der Waals surface area contributed by atoms with Crippen molar-refractivity contribution in [2.75, 3.05) is 5.73 Å². The van der Waals surface area contributed by atoms with Crippen LogP contribution in [0.2, 0.25) is 5.02 Å². The Morgan fingerprint density at radius 1 is 1.54 bits per heavy atom. The van der Waals surface area contributed by atoms with Crippen molar-refractivity contribution >= 4 is 29.3 Å². The molecule has 0 amide bonds. The predicted molar refractivity (Wildman–Crippen MR) is 52.5 cm³/mol. The summed E-state index contributed by atoms with van der Waals surface area (Å²) in [6, 6.07) is 4.93. The van der Waals surface area contributed by atoms with E-state index < -0.39 is 5.97 Å². The largest absolute Gasteiger partial charge is 0.478 e. The highest BCUT2D eigenvalue weighted by molar-refractivity contribution is 6.33. The number of anilines is 1. The molecule has 0 aliphatic rings. The number of hydrogen-bond donors (Lipinski definition) is 2. The molecule has 13 heavy (non-hydrogen) atoms. The molecule has 0 aliphatic carbocycles. The van der Waals surface area contributed by atoms with Gasteiger partial charge in [-0.25, -0.2) is 4.79 Å². The van der Waals surface area contributed by atoms with Gasteiger partial charge in [0.25, 0.3) is 0 Å². The van der Waals surface area contributed by atoms with Crippen molar-refractivity contribution in [1.82, 2.24) is 0 Å². The Labute approximate surface area is 80.4 Å². The molecule has 3 N–H and O–H groups in total. The fourth-order valence-corrected chi connectivity index (χ4v) is 0.951. The van der Waals surface area contributed by atoms with E-state index in [4.69, 9.17) is 22.4 Å². The van der Waals surface area contributed by atoms with Gasteiger partial charge in [0.05, 0.1) is 10.7 Å². The molecule has 0 unspecified atom stereocenters. The van der Waals surface area contributed by atoms with E-state index in [0.29, 0.717) is 16.3 Å². The molecule has 1 aromatic carbocycles. The van der Waals surface area contributed by atoms with Crippen molar-refractivity contribution in [3.8, 4) is 0 Å². The summed E-state index contributed by atoms with van der Waals surface area (Å²) < 4.78 is 0. The minimum absolute atomic E-state index is 0.439. The molecular weight excluding hydrogens is 190 g/mol. The van der Waals surface area contributed by atoms with Crippen molar-refractivity contribution in [2.45, 2.75) is 0 Å². The summed E-state index contributed by atoms with van der Waals surface area (Å²) in [5, 5.41) is 8.82. The Bertz CT molecular complexity index is 361. The van der Waals surface area contributed by atoms with E-state index in [0.717, 1.165) is 6.08 Å². The minimum atomic E-state index is -0.992. The van der Waals surface area contributed by atoms with Gasteiger partial charge in [-0.15, -0.1) is 0 Å².